The van der Waals surface area contributed by atoms with Crippen LogP contribution in [0.5, 0.6) is 0 Å². The summed E-state index contributed by atoms with van der Waals surface area (Å²) >= 11 is 8.13. The number of allylic oxidation sites excluding steroid dienone is 1. The maximum Gasteiger partial charge on any atom is 0.352 e. The van der Waals surface area contributed by atoms with Gasteiger partial charge in [-0.3, -0.25) is 14.5 Å². The zero-order valence-electron chi connectivity index (χ0n) is 12.6. The zero-order valence-corrected chi connectivity index (χ0v) is 15.0. The van der Waals surface area contributed by atoms with E-state index >= 15 is 0 Å². The van der Waals surface area contributed by atoms with Crippen LogP contribution in [-0.2, 0) is 20.8 Å². The fraction of sp³-hybridized carbons (Fsp3) is 0.286. The molecule has 2 aliphatic rings. The van der Waals surface area contributed by atoms with Gasteiger partial charge in [-0.15, -0.1) is 23.1 Å². The van der Waals surface area contributed by atoms with Gasteiger partial charge in [0.05, 0.1) is 12.1 Å². The normalized spacial score (nSPS) is 22.8. The van der Waals surface area contributed by atoms with E-state index in [-0.39, 0.29) is 18.0 Å². The first-order chi connectivity index (χ1) is 11.9. The molecule has 0 aliphatic carbocycles. The maximum atomic E-state index is 12.4. The molecule has 4 N–H and O–H groups in total. The first-order valence-corrected chi connectivity index (χ1v) is 9.46. The number of hydrogen-bond acceptors (Lipinski definition) is 7. The van der Waals surface area contributed by atoms with E-state index in [1.807, 2.05) is 0 Å². The number of carboxylic acids is 1. The number of nitrogen functional groups attached to an aromatic ring is 1. The average Bonchev–Trinajstić information content (AvgIpc) is 2.97. The molecule has 2 amide bonds. The van der Waals surface area contributed by atoms with Crippen molar-refractivity contribution in [2.24, 2.45) is 0 Å². The van der Waals surface area contributed by atoms with Crippen LogP contribution in [0.1, 0.15) is 5.69 Å². The minimum absolute atomic E-state index is 0.0106. The SMILES string of the molecule is Nc1nc(CC(=O)NC2C(=O)N3C(C(=O)O)=C(/C=C/Cl)CS[C@H]23)cs1. The summed E-state index contributed by atoms with van der Waals surface area (Å²) in [6, 6.07) is -0.760. The summed E-state index contributed by atoms with van der Waals surface area (Å²) in [5.41, 5.74) is 7.62. The number of nitrogens with zero attached hydrogens (tertiary/aromatic N) is 2. The number of β-lactam (4-membered cyclic amide) rings is 1. The summed E-state index contributed by atoms with van der Waals surface area (Å²) in [7, 11) is 0. The lowest BCUT2D eigenvalue weighted by molar-refractivity contribution is -0.150. The van der Waals surface area contributed by atoms with E-state index in [4.69, 9.17) is 17.3 Å². The highest BCUT2D eigenvalue weighted by atomic mass is 35.5. The minimum atomic E-state index is -1.20. The highest BCUT2D eigenvalue weighted by Crippen LogP contribution is 2.40. The fourth-order valence-electron chi connectivity index (χ4n) is 2.64. The molecule has 0 spiro atoms. The lowest BCUT2D eigenvalue weighted by atomic mass is 10.0. The van der Waals surface area contributed by atoms with Crippen LogP contribution in [0, 0.1) is 0 Å². The number of thiazole rings is 1. The maximum absolute atomic E-state index is 12.4. The Hall–Kier alpha value is -2.04. The molecule has 3 rings (SSSR count). The number of carbonyl (C=O) groups excluding carboxylic acids is 2. The van der Waals surface area contributed by atoms with Crippen LogP contribution < -0.4 is 11.1 Å². The third-order valence-electron chi connectivity index (χ3n) is 3.69. The van der Waals surface area contributed by atoms with E-state index in [2.05, 4.69) is 10.3 Å². The predicted octanol–water partition coefficient (Wildman–Crippen LogP) is 0.759. The summed E-state index contributed by atoms with van der Waals surface area (Å²) in [6.07, 6.45) is 1.47. The molecular formula is C14H13ClN4O4S2. The number of hydrogen-bond donors (Lipinski definition) is 3. The summed E-state index contributed by atoms with van der Waals surface area (Å²) < 4.78 is 0. The summed E-state index contributed by atoms with van der Waals surface area (Å²) in [6.45, 7) is 0. The third-order valence-corrected chi connectivity index (χ3v) is 5.84. The molecule has 2 aliphatic heterocycles. The van der Waals surface area contributed by atoms with Crippen molar-refractivity contribution in [2.75, 3.05) is 11.5 Å². The number of anilines is 1. The summed E-state index contributed by atoms with van der Waals surface area (Å²) in [4.78, 5) is 41.2. The van der Waals surface area contributed by atoms with Gasteiger partial charge in [0.2, 0.25) is 5.91 Å². The molecule has 0 aromatic carbocycles. The molecule has 1 unspecified atom stereocenters. The summed E-state index contributed by atoms with van der Waals surface area (Å²) in [5, 5.41) is 13.6. The molecule has 1 fully saturated rings. The van der Waals surface area contributed by atoms with Crippen LogP contribution >= 0.6 is 34.7 Å². The number of carbonyl (C=O) groups is 3. The van der Waals surface area contributed by atoms with Crippen molar-refractivity contribution in [3.05, 3.63) is 34.0 Å². The molecule has 1 aromatic heterocycles. The molecule has 11 heteroatoms. The van der Waals surface area contributed by atoms with E-state index in [0.29, 0.717) is 22.2 Å². The Kier molecular flexibility index (Phi) is 5.02. The highest BCUT2D eigenvalue weighted by molar-refractivity contribution is 8.00. The number of fused-ring (bicyclic) bond motifs is 1. The number of nitrogens with two attached hydrogens (primary N) is 1. The Morgan fingerprint density at radius 1 is 1.56 bits per heavy atom. The molecule has 25 heavy (non-hydrogen) atoms. The van der Waals surface area contributed by atoms with Crippen molar-refractivity contribution in [1.29, 1.82) is 0 Å². The number of rotatable bonds is 5. The smallest absolute Gasteiger partial charge is 0.352 e. The molecule has 2 atom stereocenters. The van der Waals surface area contributed by atoms with Crippen molar-refractivity contribution >= 4 is 57.6 Å². The van der Waals surface area contributed by atoms with Crippen LogP contribution in [0.4, 0.5) is 5.13 Å². The van der Waals surface area contributed by atoms with Crippen molar-refractivity contribution < 1.29 is 19.5 Å². The van der Waals surface area contributed by atoms with Crippen LogP contribution in [0.3, 0.4) is 0 Å². The Morgan fingerprint density at radius 2 is 2.32 bits per heavy atom. The van der Waals surface area contributed by atoms with Crippen molar-refractivity contribution in [3.8, 4) is 0 Å². The van der Waals surface area contributed by atoms with Gasteiger partial charge >= 0.3 is 5.97 Å². The summed E-state index contributed by atoms with van der Waals surface area (Å²) in [5.74, 6) is -1.64. The topological polar surface area (TPSA) is 126 Å². The number of aliphatic carboxylic acids is 1. The molecule has 1 saturated heterocycles. The molecule has 1 aromatic rings. The number of halogens is 1. The minimum Gasteiger partial charge on any atom is -0.477 e. The van der Waals surface area contributed by atoms with Crippen molar-refractivity contribution in [2.45, 2.75) is 17.8 Å². The highest BCUT2D eigenvalue weighted by Gasteiger charge is 2.53. The lowest BCUT2D eigenvalue weighted by Gasteiger charge is -2.49. The molecular weight excluding hydrogens is 388 g/mol. The first kappa shape index (κ1) is 17.8. The number of aromatic nitrogens is 1. The van der Waals surface area contributed by atoms with E-state index in [9.17, 15) is 19.5 Å². The number of nitrogens with one attached hydrogen (secondary N) is 1. The van der Waals surface area contributed by atoms with Crippen LogP contribution in [0.2, 0.25) is 0 Å². The van der Waals surface area contributed by atoms with Crippen LogP contribution in [0.25, 0.3) is 0 Å². The van der Waals surface area contributed by atoms with Gasteiger partial charge in [0.1, 0.15) is 17.1 Å². The second kappa shape index (κ2) is 7.06. The Labute approximate surface area is 155 Å². The molecule has 0 saturated carbocycles. The van der Waals surface area contributed by atoms with Gasteiger partial charge in [0, 0.05) is 16.7 Å². The Morgan fingerprint density at radius 3 is 2.92 bits per heavy atom. The molecule has 0 bridgehead atoms. The van der Waals surface area contributed by atoms with Gasteiger partial charge in [-0.05, 0) is 11.6 Å². The Balaban J connectivity index is 1.70. The quantitative estimate of drug-likeness (QED) is 0.623. The largest absolute Gasteiger partial charge is 0.477 e. The molecule has 8 nitrogen and oxygen atoms in total. The average molecular weight is 401 g/mol. The van der Waals surface area contributed by atoms with E-state index < -0.39 is 23.3 Å². The van der Waals surface area contributed by atoms with Gasteiger partial charge in [-0.2, -0.15) is 0 Å². The molecule has 3 heterocycles. The van der Waals surface area contributed by atoms with E-state index in [1.165, 1.54) is 39.6 Å². The molecule has 132 valence electrons. The van der Waals surface area contributed by atoms with Gasteiger partial charge in [0.15, 0.2) is 5.13 Å². The first-order valence-electron chi connectivity index (χ1n) is 7.09. The van der Waals surface area contributed by atoms with E-state index in [1.54, 1.807) is 5.38 Å². The fourth-order valence-corrected chi connectivity index (χ4v) is 4.67. The standard InChI is InChI=1S/C14H13ClN4O4S2/c15-2-1-6-4-24-12-9(11(21)19(12)10(6)13(22)23)18-8(20)3-7-5-25-14(16)17-7/h1-2,5,9,12H,3-4H2,(H2,16,17)(H,18,20)(H,22,23)/b2-1+/t9?,12-/m1/s1. The third kappa shape index (κ3) is 3.37. The predicted molar refractivity (Wildman–Crippen MR) is 94.9 cm³/mol. The number of thioether (sulfide) groups is 1. The van der Waals surface area contributed by atoms with Gasteiger partial charge in [0.25, 0.3) is 5.91 Å². The van der Waals surface area contributed by atoms with Crippen molar-refractivity contribution in [3.63, 3.8) is 0 Å². The van der Waals surface area contributed by atoms with Crippen LogP contribution in [-0.4, -0.2) is 49.9 Å². The zero-order chi connectivity index (χ0) is 18.1. The van der Waals surface area contributed by atoms with E-state index in [0.717, 1.165) is 0 Å². The number of carboxylic acid groups (broad SMARTS) is 1. The number of amides is 2. The second-order valence-electron chi connectivity index (χ2n) is 5.28. The Bertz CT molecular complexity index is 807. The van der Waals surface area contributed by atoms with Gasteiger partial charge < -0.3 is 16.2 Å². The molecule has 0 radical (unpaired) electrons. The monoisotopic (exact) mass is 400 g/mol. The van der Waals surface area contributed by atoms with Crippen molar-refractivity contribution in [1.82, 2.24) is 15.2 Å². The van der Waals surface area contributed by atoms with Gasteiger partial charge in [-0.1, -0.05) is 11.6 Å². The van der Waals surface area contributed by atoms with Crippen LogP contribution in [0.15, 0.2) is 28.3 Å². The lowest BCUT2D eigenvalue weighted by Crippen LogP contribution is -2.70. The second-order valence-corrected chi connectivity index (χ2v) is 7.53. The van der Waals surface area contributed by atoms with Gasteiger partial charge in [-0.25, -0.2) is 9.78 Å².